The van der Waals surface area contributed by atoms with E-state index in [1.807, 2.05) is 0 Å². The number of thiazole rings is 1. The quantitative estimate of drug-likeness (QED) is 0.736. The minimum absolute atomic E-state index is 0.0972. The molecule has 0 amide bonds. The highest BCUT2D eigenvalue weighted by Gasteiger charge is 2.34. The van der Waals surface area contributed by atoms with Gasteiger partial charge in [-0.3, -0.25) is 4.79 Å². The third kappa shape index (κ3) is 1.74. The molecule has 16 heavy (non-hydrogen) atoms. The molecule has 2 aliphatic rings. The van der Waals surface area contributed by atoms with Crippen molar-refractivity contribution in [2.75, 3.05) is 18.0 Å². The Morgan fingerprint density at radius 3 is 2.75 bits per heavy atom. The molecule has 2 unspecified atom stereocenters. The van der Waals surface area contributed by atoms with Crippen molar-refractivity contribution in [1.29, 1.82) is 0 Å². The average Bonchev–Trinajstić information content (AvgIpc) is 2.85. The lowest BCUT2D eigenvalue weighted by Gasteiger charge is -2.31. The molecule has 0 aliphatic carbocycles. The largest absolute Gasteiger partial charge is 0.371 e. The minimum Gasteiger partial charge on any atom is -0.371 e. The number of ketones is 1. The fourth-order valence-electron chi connectivity index (χ4n) is 2.34. The predicted molar refractivity (Wildman–Crippen MR) is 62.2 cm³/mol. The first-order chi connectivity index (χ1) is 7.72. The third-order valence-electron chi connectivity index (χ3n) is 3.15. The van der Waals surface area contributed by atoms with Gasteiger partial charge in [0.05, 0.1) is 23.3 Å². The van der Waals surface area contributed by atoms with Crippen LogP contribution in [0.5, 0.6) is 0 Å². The second kappa shape index (κ2) is 3.82. The first-order valence-corrected chi connectivity index (χ1v) is 6.41. The van der Waals surface area contributed by atoms with Gasteiger partial charge >= 0.3 is 0 Å². The second-order valence-electron chi connectivity index (χ2n) is 4.43. The van der Waals surface area contributed by atoms with Crippen molar-refractivity contribution in [3.63, 3.8) is 0 Å². The summed E-state index contributed by atoms with van der Waals surface area (Å²) in [6.45, 7) is 3.42. The highest BCUT2D eigenvalue weighted by molar-refractivity contribution is 7.17. The molecule has 0 spiro atoms. The molecule has 0 saturated carbocycles. The third-order valence-corrected chi connectivity index (χ3v) is 4.31. The zero-order chi connectivity index (χ0) is 11.1. The van der Waals surface area contributed by atoms with Crippen molar-refractivity contribution in [3.05, 3.63) is 11.1 Å². The summed E-state index contributed by atoms with van der Waals surface area (Å²) < 4.78 is 5.77. The van der Waals surface area contributed by atoms with Crippen LogP contribution < -0.4 is 4.90 Å². The van der Waals surface area contributed by atoms with E-state index in [-0.39, 0.29) is 5.78 Å². The molecule has 2 aliphatic heterocycles. The zero-order valence-corrected chi connectivity index (χ0v) is 10.00. The van der Waals surface area contributed by atoms with Crippen LogP contribution in [0.2, 0.25) is 0 Å². The van der Waals surface area contributed by atoms with Gasteiger partial charge < -0.3 is 9.64 Å². The molecule has 2 fully saturated rings. The number of hydrogen-bond donors (Lipinski definition) is 0. The molecule has 1 aromatic heterocycles. The van der Waals surface area contributed by atoms with Crippen molar-refractivity contribution < 1.29 is 9.53 Å². The molecule has 0 N–H and O–H groups in total. The van der Waals surface area contributed by atoms with Crippen LogP contribution >= 0.6 is 11.3 Å². The van der Waals surface area contributed by atoms with Crippen LogP contribution in [-0.2, 0) is 4.74 Å². The van der Waals surface area contributed by atoms with Crippen LogP contribution in [0.25, 0.3) is 0 Å². The maximum atomic E-state index is 11.2. The van der Waals surface area contributed by atoms with E-state index in [2.05, 4.69) is 9.88 Å². The van der Waals surface area contributed by atoms with Gasteiger partial charge in [0, 0.05) is 20.0 Å². The van der Waals surface area contributed by atoms with Gasteiger partial charge in [0.1, 0.15) is 0 Å². The molecule has 0 radical (unpaired) electrons. The number of rotatable bonds is 2. The summed E-state index contributed by atoms with van der Waals surface area (Å²) in [4.78, 5) is 18.5. The van der Waals surface area contributed by atoms with E-state index in [4.69, 9.17) is 4.74 Å². The van der Waals surface area contributed by atoms with E-state index in [0.29, 0.717) is 12.2 Å². The van der Waals surface area contributed by atoms with Gasteiger partial charge in [-0.25, -0.2) is 4.98 Å². The SMILES string of the molecule is CC(=O)c1cnc(N2CC3CCC(C2)O3)s1. The first-order valence-electron chi connectivity index (χ1n) is 5.59. The normalized spacial score (nSPS) is 28.4. The van der Waals surface area contributed by atoms with Gasteiger partial charge in [0.2, 0.25) is 0 Å². The molecule has 2 saturated heterocycles. The monoisotopic (exact) mass is 238 g/mol. The lowest BCUT2D eigenvalue weighted by molar-refractivity contribution is 0.0305. The first kappa shape index (κ1) is 10.2. The van der Waals surface area contributed by atoms with Crippen molar-refractivity contribution >= 4 is 22.3 Å². The fraction of sp³-hybridized carbons (Fsp3) is 0.636. The highest BCUT2D eigenvalue weighted by Crippen LogP contribution is 2.31. The highest BCUT2D eigenvalue weighted by atomic mass is 32.1. The van der Waals surface area contributed by atoms with E-state index in [0.717, 1.165) is 35.9 Å². The van der Waals surface area contributed by atoms with Gasteiger partial charge in [0.15, 0.2) is 10.9 Å². The summed E-state index contributed by atoms with van der Waals surface area (Å²) in [5.74, 6) is 0.0972. The standard InChI is InChI=1S/C11H14N2O2S/c1-7(14)10-4-12-11(16-10)13-5-8-2-3-9(6-13)15-8/h4,8-9H,2-3,5-6H2,1H3. The molecule has 2 atom stereocenters. The molecule has 86 valence electrons. The Balaban J connectivity index is 1.79. The average molecular weight is 238 g/mol. The lowest BCUT2D eigenvalue weighted by atomic mass is 10.2. The van der Waals surface area contributed by atoms with Gasteiger partial charge in [-0.2, -0.15) is 0 Å². The molecule has 1 aromatic rings. The van der Waals surface area contributed by atoms with Gasteiger partial charge in [-0.1, -0.05) is 11.3 Å². The summed E-state index contributed by atoms with van der Waals surface area (Å²) in [5.41, 5.74) is 0. The Hall–Kier alpha value is -0.940. The topological polar surface area (TPSA) is 42.4 Å². The fourth-order valence-corrected chi connectivity index (χ4v) is 3.17. The van der Waals surface area contributed by atoms with Crippen LogP contribution in [0, 0.1) is 0 Å². The number of nitrogens with zero attached hydrogens (tertiary/aromatic N) is 2. The Morgan fingerprint density at radius 2 is 2.19 bits per heavy atom. The van der Waals surface area contributed by atoms with Crippen molar-refractivity contribution in [2.24, 2.45) is 0 Å². The molecule has 3 heterocycles. The van der Waals surface area contributed by atoms with Crippen molar-refractivity contribution in [2.45, 2.75) is 32.0 Å². The molecule has 4 nitrogen and oxygen atoms in total. The number of carbonyl (C=O) groups excluding carboxylic acids is 1. The van der Waals surface area contributed by atoms with Crippen LogP contribution in [0.4, 0.5) is 5.13 Å². The van der Waals surface area contributed by atoms with E-state index in [9.17, 15) is 4.79 Å². The smallest absolute Gasteiger partial charge is 0.186 e. The molecule has 3 rings (SSSR count). The van der Waals surface area contributed by atoms with Crippen LogP contribution in [0.1, 0.15) is 29.4 Å². The molecule has 0 aromatic carbocycles. The predicted octanol–water partition coefficient (Wildman–Crippen LogP) is 1.71. The Kier molecular flexibility index (Phi) is 2.44. The van der Waals surface area contributed by atoms with Gasteiger partial charge in [0.25, 0.3) is 0 Å². The van der Waals surface area contributed by atoms with Gasteiger partial charge in [-0.15, -0.1) is 0 Å². The maximum Gasteiger partial charge on any atom is 0.186 e. The zero-order valence-electron chi connectivity index (χ0n) is 9.18. The van der Waals surface area contributed by atoms with E-state index >= 15 is 0 Å². The molecule has 2 bridgehead atoms. The number of carbonyl (C=O) groups is 1. The molecule has 5 heteroatoms. The van der Waals surface area contributed by atoms with E-state index in [1.165, 1.54) is 11.3 Å². The summed E-state index contributed by atoms with van der Waals surface area (Å²) in [5, 5.41) is 0.963. The second-order valence-corrected chi connectivity index (χ2v) is 5.43. The Morgan fingerprint density at radius 1 is 1.50 bits per heavy atom. The summed E-state index contributed by atoms with van der Waals surface area (Å²) in [7, 11) is 0. The Bertz CT molecular complexity index is 406. The summed E-state index contributed by atoms with van der Waals surface area (Å²) in [6.07, 6.45) is 4.73. The van der Waals surface area contributed by atoms with E-state index < -0.39 is 0 Å². The number of Topliss-reactive ketones (excluding diaryl/α,β-unsaturated/α-hetero) is 1. The number of morpholine rings is 1. The molecular weight excluding hydrogens is 224 g/mol. The van der Waals surface area contributed by atoms with E-state index in [1.54, 1.807) is 13.1 Å². The number of ether oxygens (including phenoxy) is 1. The maximum absolute atomic E-state index is 11.2. The van der Waals surface area contributed by atoms with Crippen LogP contribution in [0.15, 0.2) is 6.20 Å². The minimum atomic E-state index is 0.0972. The number of anilines is 1. The van der Waals surface area contributed by atoms with Crippen molar-refractivity contribution in [1.82, 2.24) is 4.98 Å². The lowest BCUT2D eigenvalue weighted by Crippen LogP contribution is -2.42. The van der Waals surface area contributed by atoms with Crippen LogP contribution in [-0.4, -0.2) is 36.1 Å². The van der Waals surface area contributed by atoms with Crippen LogP contribution in [0.3, 0.4) is 0 Å². The number of hydrogen-bond acceptors (Lipinski definition) is 5. The van der Waals surface area contributed by atoms with Gasteiger partial charge in [-0.05, 0) is 12.8 Å². The summed E-state index contributed by atoms with van der Waals surface area (Å²) >= 11 is 1.49. The van der Waals surface area contributed by atoms with Crippen molar-refractivity contribution in [3.8, 4) is 0 Å². The molecular formula is C11H14N2O2S. The summed E-state index contributed by atoms with van der Waals surface area (Å²) in [6, 6.07) is 0. The number of fused-ring (bicyclic) bond motifs is 2. The number of aromatic nitrogens is 1. The Labute approximate surface area is 98.2 Å².